The van der Waals surface area contributed by atoms with Gasteiger partial charge >= 0.3 is 0 Å². The van der Waals surface area contributed by atoms with Gasteiger partial charge in [0.2, 0.25) is 0 Å². The van der Waals surface area contributed by atoms with Crippen molar-refractivity contribution in [3.63, 3.8) is 0 Å². The van der Waals surface area contributed by atoms with Gasteiger partial charge in [-0.25, -0.2) is 0 Å². The van der Waals surface area contributed by atoms with Gasteiger partial charge in [0.05, 0.1) is 12.6 Å². The van der Waals surface area contributed by atoms with E-state index in [1.165, 1.54) is 0 Å². The Morgan fingerprint density at radius 1 is 1.11 bits per heavy atom. The first-order valence-corrected chi connectivity index (χ1v) is 6.75. The highest BCUT2D eigenvalue weighted by Crippen LogP contribution is 2.26. The van der Waals surface area contributed by atoms with Crippen molar-refractivity contribution in [3.8, 4) is 0 Å². The minimum Gasteiger partial charge on any atom is -0.394 e. The van der Waals surface area contributed by atoms with Gasteiger partial charge in [-0.1, -0.05) is 45.7 Å². The van der Waals surface area contributed by atoms with E-state index in [-0.39, 0.29) is 12.6 Å². The van der Waals surface area contributed by atoms with Gasteiger partial charge in [0.15, 0.2) is 0 Å². The van der Waals surface area contributed by atoms with E-state index >= 15 is 0 Å². The van der Waals surface area contributed by atoms with Crippen LogP contribution in [0.15, 0.2) is 53.0 Å². The number of anilines is 1. The highest BCUT2D eigenvalue weighted by atomic mass is 79.9. The molecule has 1 unspecified atom stereocenters. The molecule has 0 amide bonds. The fourth-order valence-electron chi connectivity index (χ4n) is 1.73. The summed E-state index contributed by atoms with van der Waals surface area (Å²) in [7, 11) is 0. The van der Waals surface area contributed by atoms with Gasteiger partial charge in [-0.15, -0.1) is 0 Å². The quantitative estimate of drug-likeness (QED) is 0.880. The molecule has 4 heteroatoms. The maximum atomic E-state index is 9.49. The van der Waals surface area contributed by atoms with Crippen molar-refractivity contribution in [2.24, 2.45) is 0 Å². The fraction of sp³-hybridized carbons (Fsp3) is 0.143. The molecule has 0 aliphatic carbocycles. The van der Waals surface area contributed by atoms with Gasteiger partial charge in [-0.3, -0.25) is 0 Å². The summed E-state index contributed by atoms with van der Waals surface area (Å²) in [4.78, 5) is 0. The molecular weight excluding hydrogens is 314 g/mol. The molecule has 2 aromatic rings. The lowest BCUT2D eigenvalue weighted by molar-refractivity contribution is 0.276. The van der Waals surface area contributed by atoms with Crippen molar-refractivity contribution < 1.29 is 5.11 Å². The van der Waals surface area contributed by atoms with Gasteiger partial charge in [0.25, 0.3) is 0 Å². The van der Waals surface area contributed by atoms with Crippen LogP contribution in [0.25, 0.3) is 0 Å². The van der Waals surface area contributed by atoms with Crippen molar-refractivity contribution in [3.05, 3.63) is 63.6 Å². The molecule has 0 radical (unpaired) electrons. The lowest BCUT2D eigenvalue weighted by atomic mass is 10.1. The molecule has 2 aromatic carbocycles. The van der Waals surface area contributed by atoms with Gasteiger partial charge in [-0.2, -0.15) is 0 Å². The topological polar surface area (TPSA) is 32.3 Å². The molecule has 1 atom stereocenters. The fourth-order valence-corrected chi connectivity index (χ4v) is 2.26. The lowest BCUT2D eigenvalue weighted by Gasteiger charge is -2.19. The molecule has 0 spiro atoms. The molecule has 0 saturated heterocycles. The van der Waals surface area contributed by atoms with Gasteiger partial charge in [-0.05, 0) is 35.9 Å². The molecule has 2 nitrogen and oxygen atoms in total. The van der Waals surface area contributed by atoms with Crippen LogP contribution in [0.3, 0.4) is 0 Å². The summed E-state index contributed by atoms with van der Waals surface area (Å²) in [5.74, 6) is 0. The van der Waals surface area contributed by atoms with E-state index in [1.807, 2.05) is 48.5 Å². The Morgan fingerprint density at radius 3 is 2.39 bits per heavy atom. The highest BCUT2D eigenvalue weighted by molar-refractivity contribution is 9.10. The van der Waals surface area contributed by atoms with E-state index in [4.69, 9.17) is 11.6 Å². The first kappa shape index (κ1) is 13.4. The minimum atomic E-state index is -0.208. The molecule has 0 aliphatic rings. The minimum absolute atomic E-state index is 0.0141. The van der Waals surface area contributed by atoms with Crippen LogP contribution in [-0.2, 0) is 0 Å². The third-order valence-corrected chi connectivity index (χ3v) is 3.52. The largest absolute Gasteiger partial charge is 0.394 e. The first-order valence-electron chi connectivity index (χ1n) is 5.58. The number of aliphatic hydroxyl groups is 1. The van der Waals surface area contributed by atoms with Gasteiger partial charge in [0.1, 0.15) is 0 Å². The zero-order valence-electron chi connectivity index (χ0n) is 9.61. The summed E-state index contributed by atoms with van der Waals surface area (Å²) in [6.07, 6.45) is 0. The molecule has 0 aromatic heterocycles. The molecule has 2 rings (SSSR count). The monoisotopic (exact) mass is 325 g/mol. The smallest absolute Gasteiger partial charge is 0.0759 e. The third-order valence-electron chi connectivity index (χ3n) is 2.65. The highest BCUT2D eigenvalue weighted by Gasteiger charge is 2.12. The van der Waals surface area contributed by atoms with E-state index in [0.717, 1.165) is 15.7 Å². The zero-order valence-corrected chi connectivity index (χ0v) is 11.9. The van der Waals surface area contributed by atoms with Crippen LogP contribution in [0.1, 0.15) is 11.6 Å². The zero-order chi connectivity index (χ0) is 13.0. The van der Waals surface area contributed by atoms with Crippen molar-refractivity contribution in [1.29, 1.82) is 0 Å². The summed E-state index contributed by atoms with van der Waals surface area (Å²) < 4.78 is 1.02. The van der Waals surface area contributed by atoms with E-state index in [1.54, 1.807) is 0 Å². The van der Waals surface area contributed by atoms with Crippen LogP contribution in [0, 0.1) is 0 Å². The molecule has 0 fully saturated rings. The summed E-state index contributed by atoms with van der Waals surface area (Å²) in [6.45, 7) is -0.0141. The second kappa shape index (κ2) is 6.23. The summed E-state index contributed by atoms with van der Waals surface area (Å²) >= 11 is 9.52. The van der Waals surface area contributed by atoms with E-state index in [2.05, 4.69) is 21.2 Å². The Hall–Kier alpha value is -1.03. The van der Waals surface area contributed by atoms with Crippen molar-refractivity contribution >= 4 is 33.2 Å². The van der Waals surface area contributed by atoms with Crippen molar-refractivity contribution in [2.75, 3.05) is 11.9 Å². The molecule has 0 aliphatic heterocycles. The normalized spacial score (nSPS) is 12.2. The Morgan fingerprint density at radius 2 is 1.78 bits per heavy atom. The standard InChI is InChI=1S/C14H13BrClNO/c15-10-5-7-11(8-6-10)17-14(9-18)12-3-1-2-4-13(12)16/h1-8,14,17-18H,9H2. The number of rotatable bonds is 4. The number of nitrogens with one attached hydrogen (secondary N) is 1. The van der Waals surface area contributed by atoms with Crippen LogP contribution in [0.4, 0.5) is 5.69 Å². The Kier molecular flexibility index (Phi) is 4.64. The lowest BCUT2D eigenvalue weighted by Crippen LogP contribution is -2.15. The molecule has 0 heterocycles. The SMILES string of the molecule is OCC(Nc1ccc(Br)cc1)c1ccccc1Cl. The predicted octanol–water partition coefficient (Wildman–Crippen LogP) is 4.25. The van der Waals surface area contributed by atoms with Gasteiger partial charge in [0, 0.05) is 15.2 Å². The first-order chi connectivity index (χ1) is 8.70. The number of hydrogen-bond acceptors (Lipinski definition) is 2. The third kappa shape index (κ3) is 3.25. The molecule has 0 saturated carbocycles. The Labute approximate surface area is 120 Å². The number of halogens is 2. The van der Waals surface area contributed by atoms with Crippen LogP contribution in [0.2, 0.25) is 5.02 Å². The second-order valence-electron chi connectivity index (χ2n) is 3.91. The van der Waals surface area contributed by atoms with E-state index in [9.17, 15) is 5.11 Å². The molecule has 18 heavy (non-hydrogen) atoms. The Balaban J connectivity index is 2.20. The second-order valence-corrected chi connectivity index (χ2v) is 5.23. The summed E-state index contributed by atoms with van der Waals surface area (Å²) in [6, 6.07) is 15.1. The maximum Gasteiger partial charge on any atom is 0.0759 e. The van der Waals surface area contributed by atoms with E-state index < -0.39 is 0 Å². The Bertz CT molecular complexity index is 515. The van der Waals surface area contributed by atoms with E-state index in [0.29, 0.717) is 5.02 Å². The average molecular weight is 327 g/mol. The maximum absolute atomic E-state index is 9.49. The number of benzene rings is 2. The number of hydrogen-bond donors (Lipinski definition) is 2. The predicted molar refractivity (Wildman–Crippen MR) is 79.0 cm³/mol. The average Bonchev–Trinajstić information content (AvgIpc) is 2.39. The van der Waals surface area contributed by atoms with Crippen LogP contribution < -0.4 is 5.32 Å². The van der Waals surface area contributed by atoms with Gasteiger partial charge < -0.3 is 10.4 Å². The van der Waals surface area contributed by atoms with Crippen LogP contribution in [-0.4, -0.2) is 11.7 Å². The van der Waals surface area contributed by atoms with Crippen molar-refractivity contribution in [2.45, 2.75) is 6.04 Å². The molecule has 94 valence electrons. The molecular formula is C14H13BrClNO. The van der Waals surface area contributed by atoms with Crippen LogP contribution in [0.5, 0.6) is 0 Å². The van der Waals surface area contributed by atoms with Crippen molar-refractivity contribution in [1.82, 2.24) is 0 Å². The van der Waals surface area contributed by atoms with Crippen LogP contribution >= 0.6 is 27.5 Å². The summed E-state index contributed by atoms with van der Waals surface area (Å²) in [5, 5.41) is 13.4. The molecule has 2 N–H and O–H groups in total. The number of aliphatic hydroxyl groups excluding tert-OH is 1. The summed E-state index contributed by atoms with van der Waals surface area (Å²) in [5.41, 5.74) is 1.83. The molecule has 0 bridgehead atoms.